The Kier molecular flexibility index (Phi) is 6.69. The molecule has 0 radical (unpaired) electrons. The predicted octanol–water partition coefficient (Wildman–Crippen LogP) is 3.46. The molecule has 0 fully saturated rings. The van der Waals surface area contributed by atoms with Crippen molar-refractivity contribution in [1.82, 2.24) is 15.3 Å². The van der Waals surface area contributed by atoms with Crippen LogP contribution in [0.3, 0.4) is 0 Å². The minimum absolute atomic E-state index is 0.103. The summed E-state index contributed by atoms with van der Waals surface area (Å²) in [4.78, 5) is 21.4. The van der Waals surface area contributed by atoms with Crippen molar-refractivity contribution < 1.29 is 14.3 Å². The van der Waals surface area contributed by atoms with Crippen LogP contribution in [0.15, 0.2) is 54.6 Å². The van der Waals surface area contributed by atoms with Crippen molar-refractivity contribution in [3.05, 3.63) is 65.9 Å². The van der Waals surface area contributed by atoms with Gasteiger partial charge in [0, 0.05) is 30.5 Å². The highest BCUT2D eigenvalue weighted by molar-refractivity contribution is 5.81. The molecule has 2 aromatic carbocycles. The van der Waals surface area contributed by atoms with Gasteiger partial charge in [-0.15, -0.1) is 0 Å². The van der Waals surface area contributed by atoms with E-state index in [2.05, 4.69) is 25.9 Å². The zero-order chi connectivity index (χ0) is 22.3. The molecule has 0 aliphatic carbocycles. The zero-order valence-corrected chi connectivity index (χ0v) is 18.2. The Morgan fingerprint density at radius 1 is 1.12 bits per heavy atom. The third-order valence-electron chi connectivity index (χ3n) is 5.13. The van der Waals surface area contributed by atoms with Gasteiger partial charge in [0.1, 0.15) is 17.3 Å². The molecular formula is C24H27N5O3. The molecule has 1 amide bonds. The minimum atomic E-state index is -0.458. The van der Waals surface area contributed by atoms with Crippen LogP contribution >= 0.6 is 0 Å². The molecule has 4 rings (SSSR count). The molecule has 1 aromatic heterocycles. The van der Waals surface area contributed by atoms with Crippen LogP contribution in [-0.2, 0) is 11.2 Å². The lowest BCUT2D eigenvalue weighted by atomic mass is 10.0. The van der Waals surface area contributed by atoms with Crippen molar-refractivity contribution in [3.8, 4) is 11.5 Å². The van der Waals surface area contributed by atoms with Gasteiger partial charge >= 0.3 is 0 Å². The number of aryl methyl sites for hydroxylation is 2. The van der Waals surface area contributed by atoms with Crippen LogP contribution in [0, 0.1) is 6.92 Å². The minimum Gasteiger partial charge on any atom is -0.497 e. The van der Waals surface area contributed by atoms with Gasteiger partial charge in [-0.25, -0.2) is 4.98 Å². The van der Waals surface area contributed by atoms with Crippen molar-refractivity contribution >= 4 is 23.4 Å². The van der Waals surface area contributed by atoms with Crippen LogP contribution in [-0.4, -0.2) is 42.2 Å². The topological polar surface area (TPSA) is 97.4 Å². The van der Waals surface area contributed by atoms with E-state index in [1.54, 1.807) is 7.11 Å². The number of benzene rings is 2. The average Bonchev–Trinajstić information content (AvgIpc) is 2.81. The lowest BCUT2D eigenvalue weighted by molar-refractivity contribution is -0.128. The van der Waals surface area contributed by atoms with Crippen molar-refractivity contribution in [2.24, 2.45) is 0 Å². The second kappa shape index (κ2) is 10.00. The molecule has 1 unspecified atom stereocenters. The molecule has 1 atom stereocenters. The lowest BCUT2D eigenvalue weighted by Gasteiger charge is -2.25. The van der Waals surface area contributed by atoms with Gasteiger partial charge in [0.25, 0.3) is 5.91 Å². The molecule has 0 saturated heterocycles. The molecule has 3 aromatic rings. The molecule has 0 spiro atoms. The molecule has 8 nitrogen and oxygen atoms in total. The van der Waals surface area contributed by atoms with Crippen LogP contribution in [0.4, 0.5) is 17.5 Å². The number of carbonyl (C=O) groups excluding carboxylic acids is 1. The maximum Gasteiger partial charge on any atom is 0.261 e. The predicted molar refractivity (Wildman–Crippen MR) is 124 cm³/mol. The van der Waals surface area contributed by atoms with Crippen molar-refractivity contribution in [3.63, 3.8) is 0 Å². The molecular weight excluding hydrogens is 406 g/mol. The second-order valence-electron chi connectivity index (χ2n) is 7.54. The van der Waals surface area contributed by atoms with Crippen LogP contribution in [0.25, 0.3) is 0 Å². The molecule has 3 N–H and O–H groups in total. The summed E-state index contributed by atoms with van der Waals surface area (Å²) in [6.45, 7) is 2.85. The number of hydrogen-bond acceptors (Lipinski definition) is 7. The normalized spacial score (nSPS) is 14.6. The Morgan fingerprint density at radius 2 is 1.94 bits per heavy atom. The molecule has 0 saturated carbocycles. The summed E-state index contributed by atoms with van der Waals surface area (Å²) in [5.41, 5.74) is 2.88. The van der Waals surface area contributed by atoms with Gasteiger partial charge in [-0.05, 0) is 55.7 Å². The second-order valence-corrected chi connectivity index (χ2v) is 7.54. The Labute approximate surface area is 187 Å². The number of para-hydroxylation sites is 1. The number of aromatic nitrogens is 2. The number of carbonyl (C=O) groups is 1. The monoisotopic (exact) mass is 433 g/mol. The van der Waals surface area contributed by atoms with Gasteiger partial charge in [0.15, 0.2) is 6.10 Å². The molecule has 0 bridgehead atoms. The summed E-state index contributed by atoms with van der Waals surface area (Å²) in [6, 6.07) is 17.3. The smallest absolute Gasteiger partial charge is 0.261 e. The fourth-order valence-electron chi connectivity index (χ4n) is 3.52. The number of ether oxygens (including phenoxy) is 2. The van der Waals surface area contributed by atoms with Crippen molar-refractivity contribution in [1.29, 1.82) is 0 Å². The highest BCUT2D eigenvalue weighted by atomic mass is 16.5. The lowest BCUT2D eigenvalue weighted by Crippen LogP contribution is -2.42. The van der Waals surface area contributed by atoms with E-state index in [0.29, 0.717) is 31.3 Å². The number of hydrogen-bond donors (Lipinski definition) is 3. The van der Waals surface area contributed by atoms with E-state index in [0.717, 1.165) is 34.9 Å². The summed E-state index contributed by atoms with van der Waals surface area (Å²) < 4.78 is 11.0. The summed E-state index contributed by atoms with van der Waals surface area (Å²) >= 11 is 0. The number of rotatable bonds is 8. The van der Waals surface area contributed by atoms with Gasteiger partial charge in [0.05, 0.1) is 7.11 Å². The number of methoxy groups -OCH3 is 1. The zero-order valence-electron chi connectivity index (χ0n) is 18.2. The molecule has 32 heavy (non-hydrogen) atoms. The number of nitrogens with one attached hydrogen (secondary N) is 3. The van der Waals surface area contributed by atoms with Crippen LogP contribution in [0.5, 0.6) is 11.5 Å². The van der Waals surface area contributed by atoms with Gasteiger partial charge in [0.2, 0.25) is 5.95 Å². The number of anilines is 3. The SMILES string of the molecule is COc1ccc(Nc2cc(C)nc(NCCNC(=O)C3CCc4ccccc4O3)n2)cc1. The largest absolute Gasteiger partial charge is 0.497 e. The quantitative estimate of drug-likeness (QED) is 0.468. The van der Waals surface area contributed by atoms with Gasteiger partial charge in [-0.1, -0.05) is 18.2 Å². The molecule has 166 valence electrons. The van der Waals surface area contributed by atoms with Gasteiger partial charge in [-0.2, -0.15) is 4.98 Å². The van der Waals surface area contributed by atoms with Crippen molar-refractivity contribution in [2.75, 3.05) is 30.8 Å². The first-order valence-electron chi connectivity index (χ1n) is 10.6. The first-order chi connectivity index (χ1) is 15.6. The number of fused-ring (bicyclic) bond motifs is 1. The van der Waals surface area contributed by atoms with Gasteiger partial charge < -0.3 is 25.4 Å². The summed E-state index contributed by atoms with van der Waals surface area (Å²) in [5.74, 6) is 2.67. The van der Waals surface area contributed by atoms with E-state index in [9.17, 15) is 4.79 Å². The van der Waals surface area contributed by atoms with Crippen LogP contribution in [0.1, 0.15) is 17.7 Å². The third kappa shape index (κ3) is 5.46. The Morgan fingerprint density at radius 3 is 2.75 bits per heavy atom. The summed E-state index contributed by atoms with van der Waals surface area (Å²) in [5, 5.41) is 9.35. The van der Waals surface area contributed by atoms with E-state index in [-0.39, 0.29) is 5.91 Å². The van der Waals surface area contributed by atoms with E-state index in [4.69, 9.17) is 9.47 Å². The fourth-order valence-corrected chi connectivity index (χ4v) is 3.52. The fraction of sp³-hybridized carbons (Fsp3) is 0.292. The molecule has 8 heteroatoms. The maximum absolute atomic E-state index is 12.5. The Balaban J connectivity index is 1.26. The van der Waals surface area contributed by atoms with Crippen LogP contribution < -0.4 is 25.4 Å². The van der Waals surface area contributed by atoms with Crippen molar-refractivity contribution in [2.45, 2.75) is 25.9 Å². The summed E-state index contributed by atoms with van der Waals surface area (Å²) in [7, 11) is 1.64. The highest BCUT2D eigenvalue weighted by Crippen LogP contribution is 2.27. The van der Waals surface area contributed by atoms with E-state index in [1.807, 2.05) is 61.5 Å². The molecule has 1 aliphatic rings. The Hall–Kier alpha value is -3.81. The van der Waals surface area contributed by atoms with E-state index >= 15 is 0 Å². The first kappa shape index (κ1) is 21.4. The number of amides is 1. The standard InChI is InChI=1S/C24H27N5O3/c1-16-15-22(28-18-8-10-19(31-2)11-9-18)29-24(27-16)26-14-13-25-23(30)21-12-7-17-5-3-4-6-20(17)32-21/h3-6,8-11,15,21H,7,12-14H2,1-2H3,(H,25,30)(H2,26,27,28,29). The summed E-state index contributed by atoms with van der Waals surface area (Å²) in [6.07, 6.45) is 1.06. The third-order valence-corrected chi connectivity index (χ3v) is 5.13. The molecule has 1 aliphatic heterocycles. The maximum atomic E-state index is 12.5. The van der Waals surface area contributed by atoms with Crippen LogP contribution in [0.2, 0.25) is 0 Å². The molecule has 2 heterocycles. The highest BCUT2D eigenvalue weighted by Gasteiger charge is 2.25. The average molecular weight is 434 g/mol. The number of nitrogens with zero attached hydrogens (tertiary/aromatic N) is 2. The van der Waals surface area contributed by atoms with Gasteiger partial charge in [-0.3, -0.25) is 4.79 Å². The van der Waals surface area contributed by atoms with E-state index < -0.39 is 6.10 Å². The Bertz CT molecular complexity index is 1070. The van der Waals surface area contributed by atoms with E-state index in [1.165, 1.54) is 0 Å². The first-order valence-corrected chi connectivity index (χ1v) is 10.6.